The molecule has 0 saturated heterocycles. The van der Waals surface area contributed by atoms with Crippen LogP contribution in [0.3, 0.4) is 0 Å². The van der Waals surface area contributed by atoms with E-state index in [0.29, 0.717) is 10.4 Å². The largest absolute Gasteiger partial charge is 0.344 e. The van der Waals surface area contributed by atoms with Crippen LogP contribution < -0.4 is 0 Å². The summed E-state index contributed by atoms with van der Waals surface area (Å²) >= 11 is 2.40. The monoisotopic (exact) mass is 270 g/mol. The first kappa shape index (κ1) is 12.1. The summed E-state index contributed by atoms with van der Waals surface area (Å²) in [6.07, 6.45) is 4.87. The molecule has 2 heterocycles. The summed E-state index contributed by atoms with van der Waals surface area (Å²) in [6.45, 7) is 4.10. The summed E-state index contributed by atoms with van der Waals surface area (Å²) in [7, 11) is 0. The van der Waals surface area contributed by atoms with Crippen molar-refractivity contribution in [1.82, 2.24) is 14.5 Å². The Balaban J connectivity index is 2.19. The predicted molar refractivity (Wildman–Crippen MR) is 65.5 cm³/mol. The van der Waals surface area contributed by atoms with Crippen LogP contribution in [0.25, 0.3) is 0 Å². The van der Waals surface area contributed by atoms with Crippen LogP contribution in [0.1, 0.15) is 19.9 Å². The molecule has 0 saturated carbocycles. The minimum Gasteiger partial charge on any atom is -0.323 e. The highest BCUT2D eigenvalue weighted by atomic mass is 32.2. The molecule has 2 aromatic rings. The first-order valence-electron chi connectivity index (χ1n) is 4.89. The molecular formula is C9H10N4O2S2. The molecule has 2 rings (SSSR count). The fourth-order valence-corrected chi connectivity index (χ4v) is 3.09. The molecule has 0 bridgehead atoms. The second kappa shape index (κ2) is 4.84. The van der Waals surface area contributed by atoms with E-state index in [4.69, 9.17) is 0 Å². The third-order valence-corrected chi connectivity index (χ3v) is 4.04. The van der Waals surface area contributed by atoms with Crippen LogP contribution in [0, 0.1) is 10.1 Å². The van der Waals surface area contributed by atoms with Gasteiger partial charge in [-0.25, -0.2) is 9.97 Å². The van der Waals surface area contributed by atoms with Gasteiger partial charge in [0.2, 0.25) is 0 Å². The Hall–Kier alpha value is -1.41. The molecule has 0 radical (unpaired) electrons. The van der Waals surface area contributed by atoms with Gasteiger partial charge in [-0.3, -0.25) is 10.1 Å². The summed E-state index contributed by atoms with van der Waals surface area (Å²) in [6, 6.07) is 0.301. The maximum atomic E-state index is 10.5. The molecule has 90 valence electrons. The molecule has 6 nitrogen and oxygen atoms in total. The van der Waals surface area contributed by atoms with E-state index in [-0.39, 0.29) is 5.00 Å². The molecule has 0 amide bonds. The van der Waals surface area contributed by atoms with Crippen LogP contribution in [0.5, 0.6) is 0 Å². The first-order chi connectivity index (χ1) is 8.08. The van der Waals surface area contributed by atoms with Crippen LogP contribution in [-0.2, 0) is 0 Å². The Kier molecular flexibility index (Phi) is 3.43. The van der Waals surface area contributed by atoms with E-state index in [2.05, 4.69) is 23.8 Å². The van der Waals surface area contributed by atoms with Crippen molar-refractivity contribution in [1.29, 1.82) is 0 Å². The summed E-state index contributed by atoms with van der Waals surface area (Å²) in [5.41, 5.74) is 0. The number of rotatable bonds is 4. The van der Waals surface area contributed by atoms with E-state index in [1.165, 1.54) is 18.0 Å². The van der Waals surface area contributed by atoms with Gasteiger partial charge in [0, 0.05) is 18.4 Å². The SMILES string of the molecule is CC(C)n1ccnc1Sc1ncc([N+](=O)[O-])s1. The summed E-state index contributed by atoms with van der Waals surface area (Å²) < 4.78 is 2.63. The number of aromatic nitrogens is 3. The lowest BCUT2D eigenvalue weighted by atomic mass is 10.4. The van der Waals surface area contributed by atoms with Crippen molar-refractivity contribution >= 4 is 28.1 Å². The van der Waals surface area contributed by atoms with Crippen molar-refractivity contribution in [3.8, 4) is 0 Å². The lowest BCUT2D eigenvalue weighted by molar-refractivity contribution is -0.380. The molecule has 17 heavy (non-hydrogen) atoms. The fourth-order valence-electron chi connectivity index (χ4n) is 1.23. The van der Waals surface area contributed by atoms with E-state index in [0.717, 1.165) is 16.5 Å². The van der Waals surface area contributed by atoms with Crippen molar-refractivity contribution < 1.29 is 4.92 Å². The lowest BCUT2D eigenvalue weighted by Crippen LogP contribution is -2.00. The zero-order valence-electron chi connectivity index (χ0n) is 9.23. The van der Waals surface area contributed by atoms with Gasteiger partial charge >= 0.3 is 5.00 Å². The minimum atomic E-state index is -0.434. The van der Waals surface area contributed by atoms with Gasteiger partial charge in [-0.05, 0) is 36.9 Å². The molecule has 0 aliphatic heterocycles. The molecule has 0 atom stereocenters. The van der Waals surface area contributed by atoms with E-state index < -0.39 is 4.92 Å². The molecule has 0 aliphatic carbocycles. The van der Waals surface area contributed by atoms with Crippen LogP contribution in [0.4, 0.5) is 5.00 Å². The number of nitrogens with zero attached hydrogens (tertiary/aromatic N) is 4. The first-order valence-corrected chi connectivity index (χ1v) is 6.52. The quantitative estimate of drug-likeness (QED) is 0.630. The Labute approximate surface area is 106 Å². The maximum absolute atomic E-state index is 10.5. The summed E-state index contributed by atoms with van der Waals surface area (Å²) in [5, 5.41) is 11.4. The highest BCUT2D eigenvalue weighted by Crippen LogP contribution is 2.34. The van der Waals surface area contributed by atoms with Crippen molar-refractivity contribution in [3.63, 3.8) is 0 Å². The highest BCUT2D eigenvalue weighted by molar-refractivity contribution is 8.00. The Morgan fingerprint density at radius 2 is 2.29 bits per heavy atom. The van der Waals surface area contributed by atoms with Crippen LogP contribution in [0.2, 0.25) is 0 Å². The third kappa shape index (κ3) is 2.64. The van der Waals surface area contributed by atoms with Crippen molar-refractivity contribution in [3.05, 3.63) is 28.7 Å². The number of nitro groups is 1. The van der Waals surface area contributed by atoms with E-state index in [9.17, 15) is 10.1 Å². The van der Waals surface area contributed by atoms with Gasteiger partial charge in [-0.2, -0.15) is 0 Å². The molecule has 0 aromatic carbocycles. The molecule has 0 N–H and O–H groups in total. The molecule has 0 aliphatic rings. The molecule has 0 fully saturated rings. The average Bonchev–Trinajstić information content (AvgIpc) is 2.86. The van der Waals surface area contributed by atoms with Crippen molar-refractivity contribution in [2.75, 3.05) is 0 Å². The van der Waals surface area contributed by atoms with Gasteiger partial charge in [0.25, 0.3) is 0 Å². The van der Waals surface area contributed by atoms with E-state index >= 15 is 0 Å². The lowest BCUT2D eigenvalue weighted by Gasteiger charge is -2.09. The minimum absolute atomic E-state index is 0.0511. The number of hydrogen-bond donors (Lipinski definition) is 0. The zero-order valence-corrected chi connectivity index (χ0v) is 10.9. The predicted octanol–water partition coefficient (Wildman–Crippen LogP) is 2.98. The number of hydrogen-bond acceptors (Lipinski definition) is 6. The molecule has 0 spiro atoms. The van der Waals surface area contributed by atoms with Gasteiger partial charge in [-0.1, -0.05) is 0 Å². The second-order valence-corrected chi connectivity index (χ2v) is 5.76. The van der Waals surface area contributed by atoms with Crippen LogP contribution in [0.15, 0.2) is 28.1 Å². The molecular weight excluding hydrogens is 260 g/mol. The average molecular weight is 270 g/mol. The standard InChI is InChI=1S/C9H10N4O2S2/c1-6(2)12-4-3-10-8(12)17-9-11-5-7(16-9)13(14)15/h3-6H,1-2H3. The van der Waals surface area contributed by atoms with Crippen molar-refractivity contribution in [2.24, 2.45) is 0 Å². The zero-order chi connectivity index (χ0) is 12.4. The van der Waals surface area contributed by atoms with Gasteiger partial charge < -0.3 is 4.57 Å². The number of thiazole rings is 1. The van der Waals surface area contributed by atoms with Crippen LogP contribution >= 0.6 is 23.1 Å². The molecule has 0 unspecified atom stereocenters. The smallest absolute Gasteiger partial charge is 0.323 e. The molecule has 8 heteroatoms. The normalized spacial score (nSPS) is 11.0. The van der Waals surface area contributed by atoms with Gasteiger partial charge in [0.1, 0.15) is 6.20 Å². The molecule has 2 aromatic heterocycles. The topological polar surface area (TPSA) is 73.8 Å². The van der Waals surface area contributed by atoms with E-state index in [1.807, 2.05) is 10.8 Å². The summed E-state index contributed by atoms with van der Waals surface area (Å²) in [4.78, 5) is 18.3. The van der Waals surface area contributed by atoms with E-state index in [1.54, 1.807) is 6.20 Å². The Bertz CT molecular complexity index is 535. The van der Waals surface area contributed by atoms with Crippen molar-refractivity contribution in [2.45, 2.75) is 29.4 Å². The Morgan fingerprint density at radius 3 is 2.88 bits per heavy atom. The van der Waals surface area contributed by atoms with Gasteiger partial charge in [-0.15, -0.1) is 0 Å². The third-order valence-electron chi connectivity index (χ3n) is 2.02. The van der Waals surface area contributed by atoms with Gasteiger partial charge in [0.05, 0.1) is 4.92 Å². The summed E-state index contributed by atoms with van der Waals surface area (Å²) in [5.74, 6) is 0. The maximum Gasteiger partial charge on any atom is 0.344 e. The fraction of sp³-hybridized carbons (Fsp3) is 0.333. The van der Waals surface area contributed by atoms with Gasteiger partial charge in [0.15, 0.2) is 9.50 Å². The second-order valence-electron chi connectivity index (χ2n) is 3.53. The van der Waals surface area contributed by atoms with Crippen LogP contribution in [-0.4, -0.2) is 19.5 Å². The Morgan fingerprint density at radius 1 is 1.53 bits per heavy atom. The number of imidazole rings is 1. The highest BCUT2D eigenvalue weighted by Gasteiger charge is 2.15.